The number of sulfonamides is 1. The molecule has 224 valence electrons. The van der Waals surface area contributed by atoms with Gasteiger partial charge in [0.2, 0.25) is 21.9 Å². The Bertz CT molecular complexity index is 1700. The maximum Gasteiger partial charge on any atom is 0.246 e. The summed E-state index contributed by atoms with van der Waals surface area (Å²) in [6, 6.07) is 10.9. The summed E-state index contributed by atoms with van der Waals surface area (Å²) in [6.45, 7) is 0.0317. The molecule has 42 heavy (non-hydrogen) atoms. The van der Waals surface area contributed by atoms with Crippen molar-refractivity contribution in [2.75, 3.05) is 55.3 Å². The molecule has 2 N–H and O–H groups in total. The summed E-state index contributed by atoms with van der Waals surface area (Å²) >= 11 is 5.98. The molecule has 0 unspecified atom stereocenters. The average molecular weight is 634 g/mol. The molecule has 2 aromatic carbocycles. The van der Waals surface area contributed by atoms with Gasteiger partial charge in [0.05, 0.1) is 32.2 Å². The zero-order valence-electron chi connectivity index (χ0n) is 23.8. The van der Waals surface area contributed by atoms with Crippen LogP contribution in [0.3, 0.4) is 0 Å². The average Bonchev–Trinajstić information content (AvgIpc) is 3.36. The predicted octanol–water partition coefficient (Wildman–Crippen LogP) is 3.91. The molecule has 1 aliphatic heterocycles. The lowest BCUT2D eigenvalue weighted by molar-refractivity contribution is 0.201. The summed E-state index contributed by atoms with van der Waals surface area (Å²) in [5, 5.41) is 31.0. The van der Waals surface area contributed by atoms with Gasteiger partial charge in [-0.05, 0) is 60.1 Å². The summed E-state index contributed by atoms with van der Waals surface area (Å²) in [7, 11) is -2.56. The van der Waals surface area contributed by atoms with Crippen LogP contribution in [0.15, 0.2) is 65.0 Å². The maximum absolute atomic E-state index is 14.1. The Hall–Kier alpha value is -3.70. The number of halogens is 1. The molecule has 0 aliphatic carbocycles. The molecule has 0 spiro atoms. The number of phenols is 1. The Balaban J connectivity index is 1.93. The molecule has 14 heteroatoms. The highest BCUT2D eigenvalue weighted by molar-refractivity contribution is 8.32. The van der Waals surface area contributed by atoms with E-state index in [1.165, 1.54) is 30.9 Å². The number of aromatic nitrogens is 3. The number of benzene rings is 2. The van der Waals surface area contributed by atoms with Gasteiger partial charge in [0.1, 0.15) is 17.2 Å². The number of methoxy groups -OCH3 is 2. The Morgan fingerprint density at radius 3 is 2.43 bits per heavy atom. The third-order valence-electron chi connectivity index (χ3n) is 6.19. The largest absolute Gasteiger partial charge is 0.506 e. The Morgan fingerprint density at radius 2 is 1.79 bits per heavy atom. The topological polar surface area (TPSA) is 139 Å². The fourth-order valence-corrected chi connectivity index (χ4v) is 6.51. The number of para-hydroxylation sites is 1. The lowest BCUT2D eigenvalue weighted by Crippen LogP contribution is -2.39. The summed E-state index contributed by atoms with van der Waals surface area (Å²) in [5.41, 5.74) is 6.28. The molecule has 4 rings (SSSR count). The number of hydrogen-bond donors (Lipinski definition) is 2. The third kappa shape index (κ3) is 7.01. The first-order chi connectivity index (χ1) is 19.8. The van der Waals surface area contributed by atoms with Crippen LogP contribution in [-0.2, 0) is 14.8 Å². The second-order valence-corrected chi connectivity index (χ2v) is 17.1. The molecule has 0 amide bonds. The van der Waals surface area contributed by atoms with E-state index in [0.717, 1.165) is 4.31 Å². The normalized spacial score (nSPS) is 14.3. The van der Waals surface area contributed by atoms with Gasteiger partial charge < -0.3 is 19.7 Å². The van der Waals surface area contributed by atoms with E-state index in [9.17, 15) is 18.6 Å². The molecular weight excluding hydrogens is 602 g/mol. The molecule has 1 aliphatic rings. The van der Waals surface area contributed by atoms with Gasteiger partial charge in [-0.3, -0.25) is 4.57 Å². The number of aliphatic hydroxyl groups is 1. The standard InChI is InChI=1S/C28H32ClN5O6S2/c1-39-24-10-7-9-22(35)26(24)34-27(21-8-6-11-25(30-21)40-2)31-32-28(34)33(16-17-41(3,4)5)42(37,38)18-23(36)19-12-14-20(29)15-13-19/h7,9-15,23,35-36H,16-18H2,1-5H3/t23-/m1/s1. The third-order valence-corrected chi connectivity index (χ3v) is 9.60. The van der Waals surface area contributed by atoms with Crippen molar-refractivity contribution in [1.82, 2.24) is 14.8 Å². The highest BCUT2D eigenvalue weighted by Gasteiger charge is 2.34. The molecule has 0 radical (unpaired) electrons. The number of ether oxygens (including phenoxy) is 2. The van der Waals surface area contributed by atoms with E-state index in [4.69, 9.17) is 21.1 Å². The number of hydrogen-bond acceptors (Lipinski definition) is 9. The maximum atomic E-state index is 14.1. The first kappa shape index (κ1) is 31.2. The van der Waals surface area contributed by atoms with E-state index in [1.54, 1.807) is 36.4 Å². The number of aliphatic imine (C=N–C) groups is 1. The van der Waals surface area contributed by atoms with Gasteiger partial charge in [-0.15, -0.1) is 10.2 Å². The van der Waals surface area contributed by atoms with Gasteiger partial charge in [0.15, 0.2) is 11.5 Å². The van der Waals surface area contributed by atoms with Crippen LogP contribution in [-0.4, -0.2) is 90.3 Å². The van der Waals surface area contributed by atoms with Crippen LogP contribution in [0, 0.1) is 0 Å². The molecular formula is C28H32ClN5O6S2. The van der Waals surface area contributed by atoms with Crippen LogP contribution in [0.4, 0.5) is 5.95 Å². The zero-order chi connectivity index (χ0) is 30.7. The molecule has 1 aromatic heterocycles. The van der Waals surface area contributed by atoms with Crippen molar-refractivity contribution >= 4 is 49.2 Å². The first-order valence-corrected chi connectivity index (χ1v) is 17.6. The van der Waals surface area contributed by atoms with Crippen LogP contribution >= 0.6 is 21.6 Å². The van der Waals surface area contributed by atoms with Crippen LogP contribution in [0.5, 0.6) is 11.5 Å². The van der Waals surface area contributed by atoms with E-state index in [0.29, 0.717) is 16.3 Å². The summed E-state index contributed by atoms with van der Waals surface area (Å²) in [5.74, 6) is 0.0200. The van der Waals surface area contributed by atoms with Crippen molar-refractivity contribution in [3.05, 3.63) is 76.4 Å². The van der Waals surface area contributed by atoms with Crippen LogP contribution < -0.4 is 9.04 Å². The second kappa shape index (κ2) is 12.7. The molecule has 0 bridgehead atoms. The van der Waals surface area contributed by atoms with Crippen molar-refractivity contribution in [3.63, 3.8) is 0 Å². The van der Waals surface area contributed by atoms with Crippen molar-refractivity contribution < 1.29 is 28.1 Å². The number of aliphatic hydroxyl groups excluding tert-OH is 1. The van der Waals surface area contributed by atoms with Gasteiger partial charge in [0, 0.05) is 11.6 Å². The van der Waals surface area contributed by atoms with Gasteiger partial charge in [0.25, 0.3) is 0 Å². The summed E-state index contributed by atoms with van der Waals surface area (Å²) < 4.78 is 41.4. The first-order valence-electron chi connectivity index (χ1n) is 12.6. The number of aromatic hydroxyl groups is 1. The van der Waals surface area contributed by atoms with Crippen molar-refractivity contribution in [1.29, 1.82) is 0 Å². The monoisotopic (exact) mass is 633 g/mol. The van der Waals surface area contributed by atoms with Gasteiger partial charge in [-0.2, -0.15) is 0 Å². The second-order valence-electron chi connectivity index (χ2n) is 10.1. The van der Waals surface area contributed by atoms with Crippen LogP contribution in [0.25, 0.3) is 11.4 Å². The van der Waals surface area contributed by atoms with Gasteiger partial charge in [-0.25, -0.2) is 27.7 Å². The smallest absolute Gasteiger partial charge is 0.246 e. The zero-order valence-corrected chi connectivity index (χ0v) is 26.2. The summed E-state index contributed by atoms with van der Waals surface area (Å²) in [6.07, 6.45) is 6.32. The van der Waals surface area contributed by atoms with E-state index in [1.807, 2.05) is 0 Å². The van der Waals surface area contributed by atoms with Gasteiger partial charge in [-0.1, -0.05) is 35.5 Å². The van der Waals surface area contributed by atoms with E-state index < -0.39 is 31.9 Å². The van der Waals surface area contributed by atoms with Gasteiger partial charge >= 0.3 is 0 Å². The Morgan fingerprint density at radius 1 is 1.07 bits per heavy atom. The number of rotatable bonds is 11. The highest BCUT2D eigenvalue weighted by Crippen LogP contribution is 2.39. The molecule has 3 aromatic rings. The number of anilines is 1. The molecule has 0 fully saturated rings. The predicted molar refractivity (Wildman–Crippen MR) is 167 cm³/mol. The van der Waals surface area contributed by atoms with Crippen molar-refractivity contribution in [3.8, 4) is 17.2 Å². The number of phenolic OH excluding ortho intramolecular Hbond substituents is 1. The molecule has 11 nitrogen and oxygen atoms in total. The minimum atomic E-state index is -4.25. The fraction of sp³-hybridized carbons (Fsp3) is 0.321. The minimum Gasteiger partial charge on any atom is -0.506 e. The SMILES string of the molecule is COC1=NC(c2nnc(N(CCS(C)(C)C)S(=O)(=O)C[C@@H](O)c3ccc(Cl)cc3)n2-c2c(O)cccc2OC)=C=C=C1. The molecule has 2 heterocycles. The fourth-order valence-electron chi connectivity index (χ4n) is 4.03. The van der Waals surface area contributed by atoms with Crippen LogP contribution in [0.2, 0.25) is 5.02 Å². The van der Waals surface area contributed by atoms with Crippen molar-refractivity contribution in [2.24, 2.45) is 4.99 Å². The quantitative estimate of drug-likeness (QED) is 0.303. The Labute approximate surface area is 251 Å². The number of nitrogens with zero attached hydrogens (tertiary/aromatic N) is 5. The lowest BCUT2D eigenvalue weighted by atomic mass is 10.1. The van der Waals surface area contributed by atoms with Crippen molar-refractivity contribution in [2.45, 2.75) is 6.10 Å². The van der Waals surface area contributed by atoms with E-state index in [2.05, 4.69) is 45.4 Å². The van der Waals surface area contributed by atoms with E-state index in [-0.39, 0.29) is 47.1 Å². The molecule has 0 saturated carbocycles. The lowest BCUT2D eigenvalue weighted by Gasteiger charge is -2.31. The summed E-state index contributed by atoms with van der Waals surface area (Å²) in [4.78, 5) is 4.38. The molecule has 1 atom stereocenters. The van der Waals surface area contributed by atoms with Crippen LogP contribution in [0.1, 0.15) is 17.5 Å². The molecule has 0 saturated heterocycles. The van der Waals surface area contributed by atoms with E-state index >= 15 is 0 Å². The Kier molecular flexibility index (Phi) is 9.42. The highest BCUT2D eigenvalue weighted by atomic mass is 35.5. The minimum absolute atomic E-state index is 0.0317.